The van der Waals surface area contributed by atoms with Crippen LogP contribution in [0.3, 0.4) is 0 Å². The van der Waals surface area contributed by atoms with Crippen LogP contribution in [-0.2, 0) is 11.1 Å². The first-order valence-electron chi connectivity index (χ1n) is 2.52. The van der Waals surface area contributed by atoms with E-state index < -0.39 is 11.1 Å². The Bertz CT molecular complexity index is 264. The molecule has 54 valence electrons. The largest absolute Gasteiger partial charge is 0.767 e. The Morgan fingerprint density at radius 1 is 1.60 bits per heavy atom. The van der Waals surface area contributed by atoms with Crippen molar-refractivity contribution in [1.82, 2.24) is 4.98 Å². The van der Waals surface area contributed by atoms with Crippen molar-refractivity contribution in [2.45, 2.75) is 5.03 Å². The van der Waals surface area contributed by atoms with Gasteiger partial charge in [-0.25, -0.2) is 4.98 Å². The van der Waals surface area contributed by atoms with Crippen LogP contribution >= 0.6 is 0 Å². The molecule has 4 nitrogen and oxygen atoms in total. The zero-order valence-corrected chi connectivity index (χ0v) is 5.80. The molecule has 1 unspecified atom stereocenters. The average Bonchev–Trinajstić information content (AvgIpc) is 1.88. The Morgan fingerprint density at radius 3 is 2.70 bits per heavy atom. The lowest BCUT2D eigenvalue weighted by Crippen LogP contribution is -1.96. The summed E-state index contributed by atoms with van der Waals surface area (Å²) >= 11 is -2.28. The molecule has 1 rings (SSSR count). The Kier molecular flexibility index (Phi) is 1.98. The van der Waals surface area contributed by atoms with E-state index in [2.05, 4.69) is 4.98 Å². The molecular formula is C5H5N2O2S-. The predicted molar refractivity (Wildman–Crippen MR) is 35.8 cm³/mol. The number of nitrogens with two attached hydrogens (primary N) is 1. The summed E-state index contributed by atoms with van der Waals surface area (Å²) in [6, 6.07) is 4.43. The summed E-state index contributed by atoms with van der Waals surface area (Å²) in [5, 5.41) is -0.0278. The van der Waals surface area contributed by atoms with Gasteiger partial charge < -0.3 is 10.3 Å². The minimum Gasteiger partial charge on any atom is -0.767 e. The van der Waals surface area contributed by atoms with Crippen molar-refractivity contribution in [3.63, 3.8) is 0 Å². The SMILES string of the molecule is Nc1cccc(S(=O)[O-])n1. The summed E-state index contributed by atoms with van der Waals surface area (Å²) in [4.78, 5) is 3.54. The van der Waals surface area contributed by atoms with Crippen LogP contribution in [-0.4, -0.2) is 13.7 Å². The van der Waals surface area contributed by atoms with E-state index in [9.17, 15) is 8.76 Å². The number of nitrogen functional groups attached to an aromatic ring is 1. The topological polar surface area (TPSA) is 79.0 Å². The molecule has 0 saturated carbocycles. The molecule has 0 aliphatic rings. The number of hydrogen-bond donors (Lipinski definition) is 1. The number of pyridine rings is 1. The standard InChI is InChI=1S/C5H6N2O2S/c6-4-2-1-3-5(7-4)10(8)9/h1-3H,(H2,6,7)(H,8,9)/p-1. The van der Waals surface area contributed by atoms with Crippen molar-refractivity contribution in [3.8, 4) is 0 Å². The molecule has 0 spiro atoms. The van der Waals surface area contributed by atoms with Crippen molar-refractivity contribution < 1.29 is 8.76 Å². The van der Waals surface area contributed by atoms with Gasteiger partial charge in [0, 0.05) is 0 Å². The van der Waals surface area contributed by atoms with Crippen LogP contribution in [0.5, 0.6) is 0 Å². The van der Waals surface area contributed by atoms with Gasteiger partial charge in [-0.3, -0.25) is 4.21 Å². The van der Waals surface area contributed by atoms with Crippen LogP contribution in [0.1, 0.15) is 0 Å². The summed E-state index contributed by atoms with van der Waals surface area (Å²) in [6.07, 6.45) is 0. The highest BCUT2D eigenvalue weighted by Crippen LogP contribution is 2.02. The van der Waals surface area contributed by atoms with Crippen LogP contribution < -0.4 is 5.73 Å². The molecule has 1 aromatic rings. The summed E-state index contributed by atoms with van der Waals surface area (Å²) in [6.45, 7) is 0. The predicted octanol–water partition coefficient (Wildman–Crippen LogP) is -0.0982. The Hall–Kier alpha value is -0.940. The van der Waals surface area contributed by atoms with Crippen LogP contribution in [0, 0.1) is 0 Å². The third-order valence-electron chi connectivity index (χ3n) is 0.916. The van der Waals surface area contributed by atoms with Gasteiger partial charge in [0.05, 0.1) is 0 Å². The Labute approximate surface area is 60.4 Å². The van der Waals surface area contributed by atoms with Gasteiger partial charge >= 0.3 is 0 Å². The third kappa shape index (κ3) is 1.52. The number of nitrogens with zero attached hydrogens (tertiary/aromatic N) is 1. The summed E-state index contributed by atoms with van der Waals surface area (Å²) in [5.41, 5.74) is 5.21. The van der Waals surface area contributed by atoms with Gasteiger partial charge in [0.2, 0.25) is 0 Å². The van der Waals surface area contributed by atoms with Crippen LogP contribution in [0.2, 0.25) is 0 Å². The lowest BCUT2D eigenvalue weighted by atomic mass is 10.5. The molecule has 10 heavy (non-hydrogen) atoms. The molecule has 1 aromatic heterocycles. The lowest BCUT2D eigenvalue weighted by Gasteiger charge is -2.02. The number of anilines is 1. The molecule has 0 aromatic carbocycles. The molecule has 0 aliphatic carbocycles. The molecule has 0 amide bonds. The highest BCUT2D eigenvalue weighted by Gasteiger charge is 1.91. The third-order valence-corrected chi connectivity index (χ3v) is 1.48. The van der Waals surface area contributed by atoms with E-state index in [0.29, 0.717) is 0 Å². The van der Waals surface area contributed by atoms with E-state index in [1.165, 1.54) is 18.2 Å². The van der Waals surface area contributed by atoms with E-state index >= 15 is 0 Å². The zero-order chi connectivity index (χ0) is 7.56. The molecule has 2 N–H and O–H groups in total. The van der Waals surface area contributed by atoms with Crippen molar-refractivity contribution >= 4 is 16.9 Å². The van der Waals surface area contributed by atoms with Gasteiger partial charge in [0.25, 0.3) is 0 Å². The van der Waals surface area contributed by atoms with E-state index in [1.54, 1.807) is 0 Å². The zero-order valence-electron chi connectivity index (χ0n) is 4.98. The van der Waals surface area contributed by atoms with Gasteiger partial charge in [-0.1, -0.05) is 6.07 Å². The van der Waals surface area contributed by atoms with Crippen molar-refractivity contribution in [1.29, 1.82) is 0 Å². The minimum absolute atomic E-state index is 0.0278. The summed E-state index contributed by atoms with van der Waals surface area (Å²) < 4.78 is 20.5. The maximum Gasteiger partial charge on any atom is 0.124 e. The maximum absolute atomic E-state index is 10.2. The van der Waals surface area contributed by atoms with Crippen molar-refractivity contribution in [3.05, 3.63) is 18.2 Å². The van der Waals surface area contributed by atoms with Crippen LogP contribution in [0.4, 0.5) is 5.82 Å². The molecule has 5 heteroatoms. The first-order valence-corrected chi connectivity index (χ1v) is 3.59. The lowest BCUT2D eigenvalue weighted by molar-refractivity contribution is 0.533. The van der Waals surface area contributed by atoms with E-state index in [-0.39, 0.29) is 10.8 Å². The van der Waals surface area contributed by atoms with E-state index in [4.69, 9.17) is 5.73 Å². The number of hydrogen-bond acceptors (Lipinski definition) is 4. The summed E-state index contributed by atoms with van der Waals surface area (Å²) in [5.74, 6) is 0.210. The molecule has 1 atom stereocenters. The van der Waals surface area contributed by atoms with Gasteiger partial charge in [0.15, 0.2) is 0 Å². The molecule has 0 saturated heterocycles. The second-order valence-electron chi connectivity index (χ2n) is 1.64. The highest BCUT2D eigenvalue weighted by molar-refractivity contribution is 7.79. The normalized spacial score (nSPS) is 12.9. The second-order valence-corrected chi connectivity index (χ2v) is 2.52. The maximum atomic E-state index is 10.2. The fourth-order valence-corrected chi connectivity index (χ4v) is 0.893. The van der Waals surface area contributed by atoms with Gasteiger partial charge in [-0.2, -0.15) is 0 Å². The minimum atomic E-state index is -2.28. The molecule has 0 bridgehead atoms. The molecular weight excluding hydrogens is 152 g/mol. The second kappa shape index (κ2) is 2.76. The number of aromatic nitrogens is 1. The Morgan fingerprint density at radius 2 is 2.30 bits per heavy atom. The van der Waals surface area contributed by atoms with E-state index in [0.717, 1.165) is 0 Å². The van der Waals surface area contributed by atoms with Gasteiger partial charge in [0.1, 0.15) is 10.8 Å². The monoisotopic (exact) mass is 157 g/mol. The van der Waals surface area contributed by atoms with Gasteiger partial charge in [-0.15, -0.1) is 0 Å². The molecule has 0 fully saturated rings. The first kappa shape index (κ1) is 7.17. The smallest absolute Gasteiger partial charge is 0.124 e. The first-order chi connectivity index (χ1) is 4.70. The van der Waals surface area contributed by atoms with E-state index in [1.807, 2.05) is 0 Å². The van der Waals surface area contributed by atoms with Crippen LogP contribution in [0.15, 0.2) is 23.2 Å². The fourth-order valence-electron chi connectivity index (χ4n) is 0.524. The number of rotatable bonds is 1. The van der Waals surface area contributed by atoms with Gasteiger partial charge in [-0.05, 0) is 23.2 Å². The molecule has 0 radical (unpaired) electrons. The molecule has 0 aliphatic heterocycles. The van der Waals surface area contributed by atoms with Crippen molar-refractivity contribution in [2.75, 3.05) is 5.73 Å². The fraction of sp³-hybridized carbons (Fsp3) is 0. The summed E-state index contributed by atoms with van der Waals surface area (Å²) in [7, 11) is 0. The highest BCUT2D eigenvalue weighted by atomic mass is 32.2. The quantitative estimate of drug-likeness (QED) is 0.577. The van der Waals surface area contributed by atoms with Crippen molar-refractivity contribution in [2.24, 2.45) is 0 Å². The van der Waals surface area contributed by atoms with Crippen LogP contribution in [0.25, 0.3) is 0 Å². The molecule has 1 heterocycles. The Balaban J connectivity index is 3.07. The average molecular weight is 157 g/mol.